The number of aromatic nitrogens is 2. The second-order valence-electron chi connectivity index (χ2n) is 4.27. The molecule has 0 fully saturated rings. The molecule has 1 aromatic carbocycles. The summed E-state index contributed by atoms with van der Waals surface area (Å²) in [6.45, 7) is 0.473. The Morgan fingerprint density at radius 2 is 2.00 bits per heavy atom. The molecule has 2 heterocycles. The highest BCUT2D eigenvalue weighted by Gasteiger charge is 2.07. The second kappa shape index (κ2) is 4.94. The molecule has 0 radical (unpaired) electrons. The molecule has 0 unspecified atom stereocenters. The van der Waals surface area contributed by atoms with Crippen LogP contribution in [0.4, 0.5) is 0 Å². The first kappa shape index (κ1) is 11.5. The number of nitrogens with zero attached hydrogens (tertiary/aromatic N) is 1. The summed E-state index contributed by atoms with van der Waals surface area (Å²) >= 11 is 0. The molecule has 0 aliphatic rings. The van der Waals surface area contributed by atoms with Crippen molar-refractivity contribution in [2.24, 2.45) is 0 Å². The summed E-state index contributed by atoms with van der Waals surface area (Å²) in [6, 6.07) is 15.2. The van der Waals surface area contributed by atoms with Gasteiger partial charge in [-0.1, -0.05) is 24.3 Å². The fraction of sp³-hybridized carbons (Fsp3) is 0.0667. The Morgan fingerprint density at radius 3 is 2.84 bits per heavy atom. The highest BCUT2D eigenvalue weighted by atomic mass is 16.1. The van der Waals surface area contributed by atoms with Crippen molar-refractivity contribution in [1.82, 2.24) is 15.3 Å². The quantitative estimate of drug-likeness (QED) is 0.751. The first-order valence-corrected chi connectivity index (χ1v) is 6.09. The molecule has 0 spiro atoms. The van der Waals surface area contributed by atoms with E-state index in [0.29, 0.717) is 12.2 Å². The van der Waals surface area contributed by atoms with Crippen molar-refractivity contribution < 1.29 is 4.79 Å². The third kappa shape index (κ3) is 2.47. The fourth-order valence-electron chi connectivity index (χ4n) is 1.94. The highest BCUT2D eigenvalue weighted by Crippen LogP contribution is 2.11. The number of hydrogen-bond donors (Lipinski definition) is 2. The zero-order valence-corrected chi connectivity index (χ0v) is 10.3. The molecular formula is C15H13N3O. The van der Waals surface area contributed by atoms with Crippen molar-refractivity contribution in [3.05, 3.63) is 66.1 Å². The predicted octanol–water partition coefficient (Wildman–Crippen LogP) is 2.49. The van der Waals surface area contributed by atoms with Crippen LogP contribution < -0.4 is 5.32 Å². The summed E-state index contributed by atoms with van der Waals surface area (Å²) in [6.07, 6.45) is 1.83. The lowest BCUT2D eigenvalue weighted by atomic mass is 10.2. The minimum atomic E-state index is -0.166. The molecular weight excluding hydrogens is 238 g/mol. The largest absolute Gasteiger partial charge is 0.364 e. The smallest absolute Gasteiger partial charge is 0.270 e. The predicted molar refractivity (Wildman–Crippen MR) is 73.7 cm³/mol. The molecule has 0 aliphatic heterocycles. The highest BCUT2D eigenvalue weighted by molar-refractivity contribution is 5.94. The summed E-state index contributed by atoms with van der Waals surface area (Å²) in [7, 11) is 0. The van der Waals surface area contributed by atoms with Gasteiger partial charge in [0.15, 0.2) is 0 Å². The number of hydrogen-bond acceptors (Lipinski definition) is 2. The molecule has 3 rings (SSSR count). The number of pyridine rings is 1. The van der Waals surface area contributed by atoms with Crippen molar-refractivity contribution >= 4 is 16.8 Å². The molecule has 0 saturated heterocycles. The standard InChI is InChI=1S/C15H13N3O/c19-15(17-10-12-5-3-9-16-12)14-8-7-11-4-1-2-6-13(11)18-14/h1-9,16H,10H2,(H,17,19). The Balaban J connectivity index is 1.77. The Bertz CT molecular complexity index is 704. The van der Waals surface area contributed by atoms with Gasteiger partial charge in [-0.2, -0.15) is 0 Å². The molecule has 19 heavy (non-hydrogen) atoms. The molecule has 0 saturated carbocycles. The zero-order chi connectivity index (χ0) is 13.1. The third-order valence-electron chi connectivity index (χ3n) is 2.93. The molecule has 94 valence electrons. The molecule has 2 N–H and O–H groups in total. The summed E-state index contributed by atoms with van der Waals surface area (Å²) in [5.74, 6) is -0.166. The Hall–Kier alpha value is -2.62. The van der Waals surface area contributed by atoms with Gasteiger partial charge in [-0.15, -0.1) is 0 Å². The molecule has 1 amide bonds. The van der Waals surface area contributed by atoms with Crippen molar-refractivity contribution in [3.63, 3.8) is 0 Å². The van der Waals surface area contributed by atoms with E-state index in [4.69, 9.17) is 0 Å². The normalized spacial score (nSPS) is 10.5. The van der Waals surface area contributed by atoms with Gasteiger partial charge in [0.25, 0.3) is 5.91 Å². The van der Waals surface area contributed by atoms with Crippen LogP contribution >= 0.6 is 0 Å². The van der Waals surface area contributed by atoms with E-state index < -0.39 is 0 Å². The number of amides is 1. The third-order valence-corrected chi connectivity index (χ3v) is 2.93. The van der Waals surface area contributed by atoms with E-state index in [-0.39, 0.29) is 5.91 Å². The van der Waals surface area contributed by atoms with Gasteiger partial charge in [-0.3, -0.25) is 4.79 Å². The van der Waals surface area contributed by atoms with Gasteiger partial charge in [0.2, 0.25) is 0 Å². The van der Waals surface area contributed by atoms with Gasteiger partial charge in [-0.05, 0) is 24.3 Å². The number of carbonyl (C=O) groups excluding carboxylic acids is 1. The van der Waals surface area contributed by atoms with E-state index in [1.807, 2.05) is 48.7 Å². The maximum Gasteiger partial charge on any atom is 0.270 e. The van der Waals surface area contributed by atoms with E-state index in [1.165, 1.54) is 0 Å². The van der Waals surface area contributed by atoms with Gasteiger partial charge in [0, 0.05) is 17.3 Å². The van der Waals surface area contributed by atoms with Crippen LogP contribution in [0.5, 0.6) is 0 Å². The molecule has 3 aromatic rings. The number of benzene rings is 1. The summed E-state index contributed by atoms with van der Waals surface area (Å²) in [5.41, 5.74) is 2.23. The summed E-state index contributed by atoms with van der Waals surface area (Å²) in [5, 5.41) is 3.86. The number of aromatic amines is 1. The number of para-hydroxylation sites is 1. The second-order valence-corrected chi connectivity index (χ2v) is 4.27. The van der Waals surface area contributed by atoms with Crippen LogP contribution in [-0.4, -0.2) is 15.9 Å². The number of carbonyl (C=O) groups is 1. The minimum Gasteiger partial charge on any atom is -0.364 e. The van der Waals surface area contributed by atoms with Crippen LogP contribution in [0.1, 0.15) is 16.2 Å². The van der Waals surface area contributed by atoms with E-state index >= 15 is 0 Å². The Labute approximate surface area is 110 Å². The van der Waals surface area contributed by atoms with Gasteiger partial charge < -0.3 is 10.3 Å². The lowest BCUT2D eigenvalue weighted by Crippen LogP contribution is -2.23. The average Bonchev–Trinajstić information content (AvgIpc) is 2.97. The van der Waals surface area contributed by atoms with E-state index in [9.17, 15) is 4.79 Å². The average molecular weight is 251 g/mol. The number of H-pyrrole nitrogens is 1. The Kier molecular flexibility index (Phi) is 2.98. The van der Waals surface area contributed by atoms with Crippen LogP contribution in [-0.2, 0) is 6.54 Å². The van der Waals surface area contributed by atoms with Crippen molar-refractivity contribution in [2.75, 3.05) is 0 Å². The maximum atomic E-state index is 12.0. The monoisotopic (exact) mass is 251 g/mol. The fourth-order valence-corrected chi connectivity index (χ4v) is 1.94. The van der Waals surface area contributed by atoms with E-state index in [2.05, 4.69) is 15.3 Å². The molecule has 0 atom stereocenters. The molecule has 4 nitrogen and oxygen atoms in total. The van der Waals surface area contributed by atoms with Crippen LogP contribution in [0.2, 0.25) is 0 Å². The van der Waals surface area contributed by atoms with Crippen molar-refractivity contribution in [2.45, 2.75) is 6.54 Å². The van der Waals surface area contributed by atoms with E-state index in [0.717, 1.165) is 16.6 Å². The van der Waals surface area contributed by atoms with E-state index in [1.54, 1.807) is 6.07 Å². The number of fused-ring (bicyclic) bond motifs is 1. The summed E-state index contributed by atoms with van der Waals surface area (Å²) < 4.78 is 0. The SMILES string of the molecule is O=C(NCc1ccc[nH]1)c1ccc2ccccc2n1. The number of rotatable bonds is 3. The van der Waals surface area contributed by atoms with Gasteiger partial charge >= 0.3 is 0 Å². The topological polar surface area (TPSA) is 57.8 Å². The van der Waals surface area contributed by atoms with Crippen LogP contribution in [0, 0.1) is 0 Å². The van der Waals surface area contributed by atoms with Gasteiger partial charge in [0.1, 0.15) is 5.69 Å². The molecule has 4 heteroatoms. The molecule has 2 aromatic heterocycles. The zero-order valence-electron chi connectivity index (χ0n) is 10.3. The van der Waals surface area contributed by atoms with Crippen LogP contribution in [0.3, 0.4) is 0 Å². The van der Waals surface area contributed by atoms with Crippen molar-refractivity contribution in [3.8, 4) is 0 Å². The first-order valence-electron chi connectivity index (χ1n) is 6.09. The minimum absolute atomic E-state index is 0.166. The summed E-state index contributed by atoms with van der Waals surface area (Å²) in [4.78, 5) is 19.4. The maximum absolute atomic E-state index is 12.0. The van der Waals surface area contributed by atoms with Gasteiger partial charge in [-0.25, -0.2) is 4.98 Å². The molecule has 0 aliphatic carbocycles. The lowest BCUT2D eigenvalue weighted by molar-refractivity contribution is 0.0946. The first-order chi connectivity index (χ1) is 9.33. The lowest BCUT2D eigenvalue weighted by Gasteiger charge is -2.04. The van der Waals surface area contributed by atoms with Gasteiger partial charge in [0.05, 0.1) is 12.1 Å². The van der Waals surface area contributed by atoms with Crippen LogP contribution in [0.25, 0.3) is 10.9 Å². The Morgan fingerprint density at radius 1 is 1.11 bits per heavy atom. The molecule has 0 bridgehead atoms. The number of nitrogens with one attached hydrogen (secondary N) is 2. The van der Waals surface area contributed by atoms with Crippen LogP contribution in [0.15, 0.2) is 54.7 Å². The van der Waals surface area contributed by atoms with Crippen molar-refractivity contribution in [1.29, 1.82) is 0 Å².